The largest absolute Gasteiger partial charge is 0.397 e. The summed E-state index contributed by atoms with van der Waals surface area (Å²) in [5.74, 6) is -0.378. The van der Waals surface area contributed by atoms with Crippen molar-refractivity contribution in [1.29, 1.82) is 0 Å². The van der Waals surface area contributed by atoms with Gasteiger partial charge in [0.1, 0.15) is 9.71 Å². The molecule has 24 heavy (non-hydrogen) atoms. The van der Waals surface area contributed by atoms with Crippen LogP contribution in [0.2, 0.25) is 0 Å². The third kappa shape index (κ3) is 3.09. The lowest BCUT2D eigenvalue weighted by atomic mass is 10.2. The number of aryl methyl sites for hydroxylation is 1. The molecule has 0 atom stereocenters. The van der Waals surface area contributed by atoms with Gasteiger partial charge in [0.25, 0.3) is 5.91 Å². The Hall–Kier alpha value is -2.49. The number of anilines is 2. The minimum Gasteiger partial charge on any atom is -0.397 e. The van der Waals surface area contributed by atoms with Crippen LogP contribution in [-0.4, -0.2) is 19.3 Å². The molecule has 2 aromatic heterocycles. The monoisotopic (exact) mass is 362 g/mol. The van der Waals surface area contributed by atoms with Crippen LogP contribution in [0.5, 0.6) is 0 Å². The second-order valence-corrected chi connectivity index (χ2v) is 7.73. The van der Waals surface area contributed by atoms with Crippen LogP contribution < -0.4 is 16.2 Å². The van der Waals surface area contributed by atoms with Crippen LogP contribution in [-0.2, 0) is 10.0 Å². The number of hydrogen-bond donors (Lipinski definition) is 3. The summed E-state index contributed by atoms with van der Waals surface area (Å²) in [5, 5.41) is 8.46. The maximum absolute atomic E-state index is 12.4. The number of nitrogens with one attached hydrogen (secondary N) is 1. The average Bonchev–Trinajstić information content (AvgIpc) is 2.83. The summed E-state index contributed by atoms with van der Waals surface area (Å²) in [7, 11) is -3.77. The molecule has 9 heteroatoms. The summed E-state index contributed by atoms with van der Waals surface area (Å²) in [6.07, 6.45) is 0. The van der Waals surface area contributed by atoms with Crippen LogP contribution >= 0.6 is 11.3 Å². The fraction of sp³-hybridized carbons (Fsp3) is 0.0667. The second-order valence-electron chi connectivity index (χ2n) is 5.17. The number of primary sulfonamides is 1. The fourth-order valence-corrected chi connectivity index (χ4v) is 3.72. The van der Waals surface area contributed by atoms with Crippen molar-refractivity contribution in [2.45, 2.75) is 11.8 Å². The maximum Gasteiger partial charge on any atom is 0.267 e. The molecule has 0 saturated carbocycles. The first-order valence-electron chi connectivity index (χ1n) is 6.85. The number of benzene rings is 1. The molecule has 0 aliphatic heterocycles. The van der Waals surface area contributed by atoms with E-state index in [0.717, 1.165) is 11.1 Å². The van der Waals surface area contributed by atoms with Crippen molar-refractivity contribution in [3.63, 3.8) is 0 Å². The number of rotatable bonds is 3. The van der Waals surface area contributed by atoms with E-state index in [4.69, 9.17) is 10.9 Å². The molecule has 3 rings (SSSR count). The van der Waals surface area contributed by atoms with Crippen molar-refractivity contribution in [2.75, 3.05) is 11.1 Å². The van der Waals surface area contributed by atoms with Crippen LogP contribution in [0.3, 0.4) is 0 Å². The molecule has 7 nitrogen and oxygen atoms in total. The van der Waals surface area contributed by atoms with Gasteiger partial charge in [-0.2, -0.15) is 0 Å². The molecule has 3 aromatic rings. The lowest BCUT2D eigenvalue weighted by Gasteiger charge is -2.05. The van der Waals surface area contributed by atoms with E-state index in [1.807, 2.05) is 19.1 Å². The molecular formula is C15H14N4O3S2. The number of amides is 1. The highest BCUT2D eigenvalue weighted by atomic mass is 32.2. The van der Waals surface area contributed by atoms with Gasteiger partial charge in [0, 0.05) is 16.8 Å². The van der Waals surface area contributed by atoms with E-state index in [1.165, 1.54) is 35.6 Å². The molecule has 124 valence electrons. The number of hydrogen-bond acceptors (Lipinski definition) is 6. The number of thiophene rings is 1. The topological polar surface area (TPSA) is 128 Å². The van der Waals surface area contributed by atoms with Gasteiger partial charge in [-0.25, -0.2) is 18.5 Å². The smallest absolute Gasteiger partial charge is 0.267 e. The zero-order chi connectivity index (χ0) is 17.5. The Balaban J connectivity index is 1.89. The SMILES string of the molecule is Cc1ccc2c(N)c(C(=O)Nc3ccc(S(N)(=O)=O)cc3)sc2n1. The number of nitrogens with zero attached hydrogens (tertiary/aromatic N) is 1. The zero-order valence-corrected chi connectivity index (χ0v) is 14.2. The molecule has 5 N–H and O–H groups in total. The van der Waals surface area contributed by atoms with E-state index in [-0.39, 0.29) is 10.8 Å². The summed E-state index contributed by atoms with van der Waals surface area (Å²) >= 11 is 1.21. The molecule has 0 bridgehead atoms. The van der Waals surface area contributed by atoms with Crippen molar-refractivity contribution < 1.29 is 13.2 Å². The maximum atomic E-state index is 12.4. The Labute approximate surface area is 142 Å². The quantitative estimate of drug-likeness (QED) is 0.657. The fourth-order valence-electron chi connectivity index (χ4n) is 2.17. The first-order valence-corrected chi connectivity index (χ1v) is 9.22. The highest BCUT2D eigenvalue weighted by Gasteiger charge is 2.17. The third-order valence-electron chi connectivity index (χ3n) is 3.38. The van der Waals surface area contributed by atoms with E-state index >= 15 is 0 Å². The minimum atomic E-state index is -3.77. The first kappa shape index (κ1) is 16.4. The summed E-state index contributed by atoms with van der Waals surface area (Å²) in [6.45, 7) is 1.86. The highest BCUT2D eigenvalue weighted by Crippen LogP contribution is 2.33. The van der Waals surface area contributed by atoms with Crippen LogP contribution in [0, 0.1) is 6.92 Å². The van der Waals surface area contributed by atoms with Gasteiger partial charge < -0.3 is 11.1 Å². The normalized spacial score (nSPS) is 11.6. The number of fused-ring (bicyclic) bond motifs is 1. The van der Waals surface area contributed by atoms with Crippen molar-refractivity contribution in [3.05, 3.63) is 47.0 Å². The number of aromatic nitrogens is 1. The van der Waals surface area contributed by atoms with Crippen molar-refractivity contribution in [3.8, 4) is 0 Å². The van der Waals surface area contributed by atoms with Gasteiger partial charge in [0.15, 0.2) is 0 Å². The summed E-state index contributed by atoms with van der Waals surface area (Å²) in [6, 6.07) is 9.24. The number of nitrogen functional groups attached to an aromatic ring is 1. The summed E-state index contributed by atoms with van der Waals surface area (Å²) < 4.78 is 22.5. The molecule has 0 aliphatic carbocycles. The summed E-state index contributed by atoms with van der Waals surface area (Å²) in [4.78, 5) is 17.8. The molecular weight excluding hydrogens is 348 g/mol. The molecule has 0 unspecified atom stereocenters. The highest BCUT2D eigenvalue weighted by molar-refractivity contribution is 7.89. The molecule has 0 aliphatic rings. The number of nitrogens with two attached hydrogens (primary N) is 2. The zero-order valence-electron chi connectivity index (χ0n) is 12.6. The van der Waals surface area contributed by atoms with Gasteiger partial charge >= 0.3 is 0 Å². The predicted octanol–water partition coefficient (Wildman–Crippen LogP) is 2.09. The van der Waals surface area contributed by atoms with Gasteiger partial charge in [0.05, 0.1) is 10.6 Å². The van der Waals surface area contributed by atoms with Gasteiger partial charge in [-0.05, 0) is 43.3 Å². The van der Waals surface area contributed by atoms with Crippen molar-refractivity contribution >= 4 is 48.9 Å². The number of carbonyl (C=O) groups excluding carboxylic acids is 1. The summed E-state index contributed by atoms with van der Waals surface area (Å²) in [5.41, 5.74) is 7.69. The van der Waals surface area contributed by atoms with Gasteiger partial charge in [-0.3, -0.25) is 4.79 Å². The third-order valence-corrected chi connectivity index (χ3v) is 5.42. The van der Waals surface area contributed by atoms with E-state index < -0.39 is 10.0 Å². The molecule has 0 spiro atoms. The van der Waals surface area contributed by atoms with Gasteiger partial charge in [-0.15, -0.1) is 11.3 Å². The standard InChI is InChI=1S/C15H14N4O3S2/c1-8-2-7-11-12(16)13(23-15(11)18-8)14(20)19-9-3-5-10(6-4-9)24(17,21)22/h2-7H,16H2,1H3,(H,19,20)(H2,17,21,22). The molecule has 2 heterocycles. The van der Waals surface area contributed by atoms with Crippen LogP contribution in [0.1, 0.15) is 15.4 Å². The van der Waals surface area contributed by atoms with E-state index in [0.29, 0.717) is 21.1 Å². The lowest BCUT2D eigenvalue weighted by Crippen LogP contribution is -2.13. The second kappa shape index (κ2) is 5.86. The van der Waals surface area contributed by atoms with Gasteiger partial charge in [0.2, 0.25) is 10.0 Å². The predicted molar refractivity (Wildman–Crippen MR) is 94.5 cm³/mol. The lowest BCUT2D eigenvalue weighted by molar-refractivity contribution is 0.103. The molecule has 0 radical (unpaired) electrons. The van der Waals surface area contributed by atoms with Crippen molar-refractivity contribution in [1.82, 2.24) is 4.98 Å². The Morgan fingerprint density at radius 1 is 1.17 bits per heavy atom. The van der Waals surface area contributed by atoms with Crippen LogP contribution in [0.15, 0.2) is 41.3 Å². The Kier molecular flexibility index (Phi) is 3.99. The minimum absolute atomic E-state index is 0.0263. The Morgan fingerprint density at radius 3 is 2.46 bits per heavy atom. The van der Waals surface area contributed by atoms with Crippen molar-refractivity contribution in [2.24, 2.45) is 5.14 Å². The van der Waals surface area contributed by atoms with E-state index in [2.05, 4.69) is 10.3 Å². The number of sulfonamides is 1. The van der Waals surface area contributed by atoms with Gasteiger partial charge in [-0.1, -0.05) is 0 Å². The van der Waals surface area contributed by atoms with E-state index in [1.54, 1.807) is 0 Å². The molecule has 0 saturated heterocycles. The molecule has 1 amide bonds. The van der Waals surface area contributed by atoms with Crippen LogP contribution in [0.25, 0.3) is 10.2 Å². The van der Waals surface area contributed by atoms with E-state index in [9.17, 15) is 13.2 Å². The Bertz CT molecular complexity index is 1040. The molecule has 0 fully saturated rings. The number of pyridine rings is 1. The molecule has 1 aromatic carbocycles. The average molecular weight is 362 g/mol. The van der Waals surface area contributed by atoms with Crippen LogP contribution in [0.4, 0.5) is 11.4 Å². The number of carbonyl (C=O) groups is 1. The Morgan fingerprint density at radius 2 is 1.83 bits per heavy atom. The first-order chi connectivity index (χ1) is 11.3.